The second-order valence-electron chi connectivity index (χ2n) is 5.84. The smallest absolute Gasteiger partial charge is 0.143 e. The zero-order valence-corrected chi connectivity index (χ0v) is 13.2. The van der Waals surface area contributed by atoms with Crippen molar-refractivity contribution in [3.05, 3.63) is 42.9 Å². The van der Waals surface area contributed by atoms with Gasteiger partial charge in [0.25, 0.3) is 0 Å². The van der Waals surface area contributed by atoms with Crippen LogP contribution in [0.15, 0.2) is 42.9 Å². The first-order chi connectivity index (χ1) is 11.4. The molecule has 0 radical (unpaired) electrons. The van der Waals surface area contributed by atoms with Crippen molar-refractivity contribution in [2.24, 2.45) is 0 Å². The maximum absolute atomic E-state index is 5.79. The van der Waals surface area contributed by atoms with E-state index in [0.717, 1.165) is 48.5 Å². The van der Waals surface area contributed by atoms with Gasteiger partial charge in [0.2, 0.25) is 0 Å². The summed E-state index contributed by atoms with van der Waals surface area (Å²) in [4.78, 5) is 14.6. The van der Waals surface area contributed by atoms with Gasteiger partial charge in [-0.3, -0.25) is 0 Å². The molecule has 3 heterocycles. The number of H-pyrrole nitrogens is 1. The van der Waals surface area contributed by atoms with Crippen molar-refractivity contribution in [3.63, 3.8) is 0 Å². The molecular formula is C18H20N4O. The number of nitrogens with one attached hydrogen (secondary N) is 1. The van der Waals surface area contributed by atoms with E-state index in [2.05, 4.69) is 51.0 Å². The average Bonchev–Trinajstić information content (AvgIpc) is 3.06. The van der Waals surface area contributed by atoms with Crippen LogP contribution in [0.5, 0.6) is 0 Å². The molecule has 1 aliphatic heterocycles. The Kier molecular flexibility index (Phi) is 3.71. The maximum atomic E-state index is 5.79. The van der Waals surface area contributed by atoms with E-state index >= 15 is 0 Å². The Labute approximate surface area is 135 Å². The van der Waals surface area contributed by atoms with E-state index in [1.807, 2.05) is 12.3 Å². The normalized spacial score (nSPS) is 18.5. The minimum atomic E-state index is 0.271. The molecular weight excluding hydrogens is 288 g/mol. The molecule has 0 aliphatic carbocycles. The van der Waals surface area contributed by atoms with E-state index in [9.17, 15) is 0 Å². The van der Waals surface area contributed by atoms with Crippen LogP contribution in [-0.2, 0) is 4.74 Å². The molecule has 0 bridgehead atoms. The first kappa shape index (κ1) is 14.2. The Morgan fingerprint density at radius 1 is 1.26 bits per heavy atom. The minimum absolute atomic E-state index is 0.271. The highest BCUT2D eigenvalue weighted by atomic mass is 16.5. The van der Waals surface area contributed by atoms with Crippen LogP contribution < -0.4 is 4.90 Å². The number of benzene rings is 1. The molecule has 4 rings (SSSR count). The molecule has 118 valence electrons. The van der Waals surface area contributed by atoms with E-state index in [4.69, 9.17) is 4.74 Å². The summed E-state index contributed by atoms with van der Waals surface area (Å²) in [6.45, 7) is 4.65. The summed E-state index contributed by atoms with van der Waals surface area (Å²) in [5.74, 6) is 0.997. The van der Waals surface area contributed by atoms with Gasteiger partial charge >= 0.3 is 0 Å². The second-order valence-corrected chi connectivity index (χ2v) is 5.84. The molecule has 0 amide bonds. The number of aromatic amines is 1. The molecule has 1 fully saturated rings. The minimum Gasteiger partial charge on any atom is -0.375 e. The first-order valence-electron chi connectivity index (χ1n) is 8.11. The summed E-state index contributed by atoms with van der Waals surface area (Å²) in [7, 11) is 0. The van der Waals surface area contributed by atoms with E-state index in [1.165, 1.54) is 5.56 Å². The van der Waals surface area contributed by atoms with Crippen LogP contribution in [-0.4, -0.2) is 40.8 Å². The van der Waals surface area contributed by atoms with Crippen LogP contribution in [0.25, 0.3) is 22.2 Å². The Balaban J connectivity index is 1.82. The zero-order valence-electron chi connectivity index (χ0n) is 13.2. The van der Waals surface area contributed by atoms with Crippen molar-refractivity contribution in [2.45, 2.75) is 19.4 Å². The van der Waals surface area contributed by atoms with Crippen LogP contribution in [0.4, 0.5) is 5.82 Å². The van der Waals surface area contributed by atoms with E-state index < -0.39 is 0 Å². The van der Waals surface area contributed by atoms with Gasteiger partial charge in [0.15, 0.2) is 0 Å². The Morgan fingerprint density at radius 2 is 2.13 bits per heavy atom. The average molecular weight is 308 g/mol. The number of ether oxygens (including phenoxy) is 1. The molecule has 1 aromatic carbocycles. The van der Waals surface area contributed by atoms with E-state index in [1.54, 1.807) is 6.33 Å². The maximum Gasteiger partial charge on any atom is 0.143 e. The molecule has 0 saturated carbocycles. The highest BCUT2D eigenvalue weighted by Crippen LogP contribution is 2.34. The third kappa shape index (κ3) is 2.57. The fourth-order valence-corrected chi connectivity index (χ4v) is 3.19. The lowest BCUT2D eigenvalue weighted by atomic mass is 10.1. The summed E-state index contributed by atoms with van der Waals surface area (Å²) in [5.41, 5.74) is 3.21. The molecule has 1 N–H and O–H groups in total. The first-order valence-corrected chi connectivity index (χ1v) is 8.11. The number of nitrogens with zero attached hydrogens (tertiary/aromatic N) is 3. The summed E-state index contributed by atoms with van der Waals surface area (Å²) in [6, 6.07) is 10.4. The van der Waals surface area contributed by atoms with Gasteiger partial charge < -0.3 is 14.6 Å². The van der Waals surface area contributed by atoms with Crippen molar-refractivity contribution >= 4 is 16.9 Å². The molecule has 0 spiro atoms. The number of rotatable bonds is 3. The molecule has 5 nitrogen and oxygen atoms in total. The predicted octanol–water partition coefficient (Wildman–Crippen LogP) is 3.24. The lowest BCUT2D eigenvalue weighted by Gasteiger charge is -2.33. The van der Waals surface area contributed by atoms with E-state index in [0.29, 0.717) is 0 Å². The monoisotopic (exact) mass is 308 g/mol. The molecule has 1 unspecified atom stereocenters. The van der Waals surface area contributed by atoms with Crippen LogP contribution in [0.1, 0.15) is 13.3 Å². The van der Waals surface area contributed by atoms with Gasteiger partial charge in [0.1, 0.15) is 17.8 Å². The van der Waals surface area contributed by atoms with Gasteiger partial charge in [-0.05, 0) is 12.0 Å². The molecule has 1 atom stereocenters. The van der Waals surface area contributed by atoms with Crippen molar-refractivity contribution in [1.82, 2.24) is 15.0 Å². The van der Waals surface area contributed by atoms with E-state index in [-0.39, 0.29) is 6.10 Å². The number of anilines is 1. The van der Waals surface area contributed by atoms with Crippen LogP contribution >= 0.6 is 0 Å². The fraction of sp³-hybridized carbons (Fsp3) is 0.333. The van der Waals surface area contributed by atoms with Gasteiger partial charge in [0.05, 0.1) is 18.1 Å². The lowest BCUT2D eigenvalue weighted by Crippen LogP contribution is -2.42. The number of hydrogen-bond acceptors (Lipinski definition) is 4. The SMILES string of the molecule is CCC1CN(c2ncnc3[nH]cc(-c4ccccc4)c23)CCO1. The molecule has 1 aliphatic rings. The van der Waals surface area contributed by atoms with Crippen molar-refractivity contribution in [1.29, 1.82) is 0 Å². The van der Waals surface area contributed by atoms with Gasteiger partial charge in [-0.15, -0.1) is 0 Å². The molecule has 23 heavy (non-hydrogen) atoms. The molecule has 5 heteroatoms. The Hall–Kier alpha value is -2.40. The third-order valence-corrected chi connectivity index (χ3v) is 4.43. The predicted molar refractivity (Wildman–Crippen MR) is 91.6 cm³/mol. The van der Waals surface area contributed by atoms with Crippen LogP contribution in [0.3, 0.4) is 0 Å². The Bertz CT molecular complexity index is 799. The topological polar surface area (TPSA) is 54.0 Å². The largest absolute Gasteiger partial charge is 0.375 e. The highest BCUT2D eigenvalue weighted by molar-refractivity contribution is 6.01. The van der Waals surface area contributed by atoms with Crippen molar-refractivity contribution in [2.75, 3.05) is 24.6 Å². The van der Waals surface area contributed by atoms with Crippen LogP contribution in [0, 0.1) is 0 Å². The Morgan fingerprint density at radius 3 is 2.96 bits per heavy atom. The summed E-state index contributed by atoms with van der Waals surface area (Å²) < 4.78 is 5.79. The fourth-order valence-electron chi connectivity index (χ4n) is 3.19. The number of morpholine rings is 1. The zero-order chi connectivity index (χ0) is 15.6. The summed E-state index contributed by atoms with van der Waals surface area (Å²) in [5, 5.41) is 1.09. The van der Waals surface area contributed by atoms with Gasteiger partial charge in [0, 0.05) is 24.8 Å². The van der Waals surface area contributed by atoms with Crippen molar-refractivity contribution in [3.8, 4) is 11.1 Å². The number of hydrogen-bond donors (Lipinski definition) is 1. The summed E-state index contributed by atoms with van der Waals surface area (Å²) in [6.07, 6.45) is 4.95. The molecule has 3 aromatic rings. The van der Waals surface area contributed by atoms with Gasteiger partial charge in [-0.2, -0.15) is 0 Å². The lowest BCUT2D eigenvalue weighted by molar-refractivity contribution is 0.0382. The molecule has 1 saturated heterocycles. The van der Waals surface area contributed by atoms with Crippen molar-refractivity contribution < 1.29 is 4.74 Å². The number of aromatic nitrogens is 3. The molecule has 2 aromatic heterocycles. The van der Waals surface area contributed by atoms with Crippen LogP contribution in [0.2, 0.25) is 0 Å². The number of fused-ring (bicyclic) bond motifs is 1. The third-order valence-electron chi connectivity index (χ3n) is 4.43. The quantitative estimate of drug-likeness (QED) is 0.807. The highest BCUT2D eigenvalue weighted by Gasteiger charge is 2.23. The summed E-state index contributed by atoms with van der Waals surface area (Å²) >= 11 is 0. The second kappa shape index (κ2) is 6.01. The standard InChI is InChI=1S/C18H20N4O/c1-2-14-11-22(8-9-23-14)18-16-15(13-6-4-3-5-7-13)10-19-17(16)20-12-21-18/h3-7,10,12,14H,2,8-9,11H2,1H3,(H,19,20,21). The van der Waals surface area contributed by atoms with Gasteiger partial charge in [-0.25, -0.2) is 9.97 Å². The van der Waals surface area contributed by atoms with Gasteiger partial charge in [-0.1, -0.05) is 37.3 Å².